The molecule has 0 fully saturated rings. The van der Waals surface area contributed by atoms with Crippen molar-refractivity contribution >= 4 is 11.4 Å². The highest BCUT2D eigenvalue weighted by atomic mass is 19.4. The average Bonchev–Trinajstić information content (AvgIpc) is 3.16. The van der Waals surface area contributed by atoms with Crippen LogP contribution in [0.15, 0.2) is 65.9 Å². The average molecular weight is 500 g/mol. The SMILES string of the molecule is COc1cc(-c2ccc(Cc3ccc(N4N=C(C(F)(F)F)[C@@H](C)[C@@H]4CC(O)O)cc3)c(C)c2)ccn1. The molecule has 0 aliphatic carbocycles. The zero-order valence-corrected chi connectivity index (χ0v) is 20.2. The number of rotatable bonds is 7. The Kier molecular flexibility index (Phi) is 7.33. The lowest BCUT2D eigenvalue weighted by molar-refractivity contribution is -0.0650. The molecule has 2 aromatic carbocycles. The van der Waals surface area contributed by atoms with Gasteiger partial charge in [0.25, 0.3) is 0 Å². The summed E-state index contributed by atoms with van der Waals surface area (Å²) in [4.78, 5) is 4.14. The lowest BCUT2D eigenvalue weighted by Crippen LogP contribution is -2.37. The van der Waals surface area contributed by atoms with Crippen LogP contribution in [0, 0.1) is 12.8 Å². The molecule has 0 radical (unpaired) electrons. The summed E-state index contributed by atoms with van der Waals surface area (Å²) in [5.41, 5.74) is 4.83. The van der Waals surface area contributed by atoms with Crippen LogP contribution in [0.25, 0.3) is 11.1 Å². The van der Waals surface area contributed by atoms with E-state index in [1.807, 2.05) is 37.3 Å². The van der Waals surface area contributed by atoms with Gasteiger partial charge in [0.15, 0.2) is 6.29 Å². The summed E-state index contributed by atoms with van der Waals surface area (Å²) in [5.74, 6) is -0.447. The van der Waals surface area contributed by atoms with E-state index in [1.54, 1.807) is 25.4 Å². The van der Waals surface area contributed by atoms with Crippen molar-refractivity contribution in [3.63, 3.8) is 0 Å². The number of hydrogen-bond donors (Lipinski definition) is 2. The molecule has 0 unspecified atom stereocenters. The smallest absolute Gasteiger partial charge is 0.431 e. The van der Waals surface area contributed by atoms with E-state index in [0.29, 0.717) is 18.0 Å². The highest BCUT2D eigenvalue weighted by Crippen LogP contribution is 2.37. The monoisotopic (exact) mass is 499 g/mol. The van der Waals surface area contributed by atoms with Crippen molar-refractivity contribution < 1.29 is 28.1 Å². The number of nitrogens with zero attached hydrogens (tertiary/aromatic N) is 3. The van der Waals surface area contributed by atoms with Gasteiger partial charge >= 0.3 is 6.18 Å². The fourth-order valence-electron chi connectivity index (χ4n) is 4.52. The maximum absolute atomic E-state index is 13.4. The highest BCUT2D eigenvalue weighted by molar-refractivity contribution is 5.95. The van der Waals surface area contributed by atoms with Crippen molar-refractivity contribution in [2.75, 3.05) is 12.1 Å². The molecule has 3 aromatic rings. The largest absolute Gasteiger partial charge is 0.481 e. The molecule has 2 atom stereocenters. The topological polar surface area (TPSA) is 78.2 Å². The van der Waals surface area contributed by atoms with Gasteiger partial charge < -0.3 is 14.9 Å². The Morgan fingerprint density at radius 3 is 2.33 bits per heavy atom. The number of hydrazone groups is 1. The summed E-state index contributed by atoms with van der Waals surface area (Å²) in [6, 6.07) is 16.3. The Bertz CT molecular complexity index is 1240. The Labute approximate surface area is 207 Å². The third kappa shape index (κ3) is 5.52. The minimum Gasteiger partial charge on any atom is -0.481 e. The predicted molar refractivity (Wildman–Crippen MR) is 132 cm³/mol. The number of benzene rings is 2. The van der Waals surface area contributed by atoms with E-state index < -0.39 is 30.1 Å². The van der Waals surface area contributed by atoms with Crippen LogP contribution in [0.2, 0.25) is 0 Å². The number of hydrogen-bond acceptors (Lipinski definition) is 6. The summed E-state index contributed by atoms with van der Waals surface area (Å²) >= 11 is 0. The Balaban J connectivity index is 1.53. The van der Waals surface area contributed by atoms with Crippen LogP contribution in [0.4, 0.5) is 18.9 Å². The molecule has 1 aliphatic heterocycles. The number of methoxy groups -OCH3 is 1. The highest BCUT2D eigenvalue weighted by Gasteiger charge is 2.48. The number of ether oxygens (including phenoxy) is 1. The van der Waals surface area contributed by atoms with Crippen LogP contribution in [-0.2, 0) is 6.42 Å². The molecule has 0 spiro atoms. The Morgan fingerprint density at radius 1 is 1.03 bits per heavy atom. The van der Waals surface area contributed by atoms with E-state index >= 15 is 0 Å². The molecule has 1 aromatic heterocycles. The van der Waals surface area contributed by atoms with E-state index in [-0.39, 0.29) is 6.42 Å². The van der Waals surface area contributed by atoms with Gasteiger partial charge in [-0.2, -0.15) is 18.3 Å². The number of aliphatic hydroxyl groups is 2. The van der Waals surface area contributed by atoms with Crippen LogP contribution in [0.1, 0.15) is 30.0 Å². The second-order valence-corrected chi connectivity index (χ2v) is 8.97. The molecule has 190 valence electrons. The number of aliphatic hydroxyl groups excluding tert-OH is 1. The Morgan fingerprint density at radius 2 is 1.72 bits per heavy atom. The molecule has 36 heavy (non-hydrogen) atoms. The predicted octanol–water partition coefficient (Wildman–Crippen LogP) is 5.10. The molecule has 9 heteroatoms. The van der Waals surface area contributed by atoms with Gasteiger partial charge in [0.1, 0.15) is 5.71 Å². The number of alkyl halides is 3. The molecule has 4 rings (SSSR count). The van der Waals surface area contributed by atoms with Gasteiger partial charge in [0.2, 0.25) is 5.88 Å². The van der Waals surface area contributed by atoms with Crippen molar-refractivity contribution in [3.8, 4) is 17.0 Å². The summed E-state index contributed by atoms with van der Waals surface area (Å²) in [5, 5.41) is 23.9. The molecule has 2 heterocycles. The van der Waals surface area contributed by atoms with Crippen molar-refractivity contribution in [1.29, 1.82) is 0 Å². The summed E-state index contributed by atoms with van der Waals surface area (Å²) in [6.07, 6.45) is -4.22. The van der Waals surface area contributed by atoms with Gasteiger partial charge in [-0.3, -0.25) is 5.01 Å². The minimum absolute atomic E-state index is 0.249. The van der Waals surface area contributed by atoms with Gasteiger partial charge in [-0.15, -0.1) is 0 Å². The second kappa shape index (κ2) is 10.3. The molecule has 0 saturated heterocycles. The Hall–Kier alpha value is -3.43. The number of halogens is 3. The van der Waals surface area contributed by atoms with Gasteiger partial charge in [-0.05, 0) is 59.4 Å². The molecular formula is C27H28F3N3O3. The van der Waals surface area contributed by atoms with Crippen LogP contribution < -0.4 is 9.75 Å². The van der Waals surface area contributed by atoms with Crippen LogP contribution in [0.5, 0.6) is 5.88 Å². The zero-order chi connectivity index (χ0) is 26.0. The first-order chi connectivity index (χ1) is 17.1. The molecule has 0 amide bonds. The molecular weight excluding hydrogens is 471 g/mol. The number of pyridine rings is 1. The van der Waals surface area contributed by atoms with Gasteiger partial charge in [0, 0.05) is 24.6 Å². The number of anilines is 1. The van der Waals surface area contributed by atoms with E-state index in [9.17, 15) is 23.4 Å². The quantitative estimate of drug-likeness (QED) is 0.443. The van der Waals surface area contributed by atoms with Crippen LogP contribution in [-0.4, -0.2) is 46.5 Å². The first-order valence-corrected chi connectivity index (χ1v) is 11.6. The van der Waals surface area contributed by atoms with Crippen LogP contribution >= 0.6 is 0 Å². The third-order valence-electron chi connectivity index (χ3n) is 6.50. The standard InChI is InChI=1S/C27H28F3N3O3/c1-16-12-20(21-10-11-31-24(14-21)36-3)7-6-19(16)13-18-4-8-22(9-5-18)33-23(15-25(34)35)17(2)26(32-33)27(28,29)30/h4-12,14,17,23,25,34-35H,13,15H2,1-3H3/t17-,23-/m0/s1. The zero-order valence-electron chi connectivity index (χ0n) is 20.2. The summed E-state index contributed by atoms with van der Waals surface area (Å²) in [7, 11) is 1.58. The van der Waals surface area contributed by atoms with Crippen molar-refractivity contribution in [1.82, 2.24) is 4.98 Å². The summed E-state index contributed by atoms with van der Waals surface area (Å²) < 4.78 is 45.5. The minimum atomic E-state index is -4.59. The van der Waals surface area contributed by atoms with Crippen molar-refractivity contribution in [2.24, 2.45) is 11.0 Å². The van der Waals surface area contributed by atoms with E-state index in [4.69, 9.17) is 4.74 Å². The fraction of sp³-hybridized carbons (Fsp3) is 0.333. The van der Waals surface area contributed by atoms with Gasteiger partial charge in [-0.25, -0.2) is 4.98 Å². The van der Waals surface area contributed by atoms with Crippen LogP contribution in [0.3, 0.4) is 0 Å². The summed E-state index contributed by atoms with van der Waals surface area (Å²) in [6.45, 7) is 3.44. The van der Waals surface area contributed by atoms with E-state index in [2.05, 4.69) is 22.2 Å². The molecule has 2 N–H and O–H groups in total. The van der Waals surface area contributed by atoms with Crippen molar-refractivity contribution in [3.05, 3.63) is 77.5 Å². The maximum atomic E-state index is 13.4. The first-order valence-electron chi connectivity index (χ1n) is 11.6. The molecule has 0 saturated carbocycles. The lowest BCUT2D eigenvalue weighted by Gasteiger charge is -2.27. The first kappa shape index (κ1) is 25.7. The van der Waals surface area contributed by atoms with E-state index in [0.717, 1.165) is 27.8 Å². The fourth-order valence-corrected chi connectivity index (χ4v) is 4.52. The normalized spacial score (nSPS) is 18.0. The molecule has 0 bridgehead atoms. The van der Waals surface area contributed by atoms with E-state index in [1.165, 1.54) is 11.9 Å². The molecule has 1 aliphatic rings. The van der Waals surface area contributed by atoms with Gasteiger partial charge in [0.05, 0.1) is 18.8 Å². The number of aromatic nitrogens is 1. The van der Waals surface area contributed by atoms with Gasteiger partial charge in [-0.1, -0.05) is 37.3 Å². The number of aryl methyl sites for hydroxylation is 1. The third-order valence-corrected chi connectivity index (χ3v) is 6.50. The lowest BCUT2D eigenvalue weighted by atomic mass is 9.94. The maximum Gasteiger partial charge on any atom is 0.431 e. The second-order valence-electron chi connectivity index (χ2n) is 8.97. The molecule has 6 nitrogen and oxygen atoms in total. The van der Waals surface area contributed by atoms with Crippen molar-refractivity contribution in [2.45, 2.75) is 45.2 Å².